The monoisotopic (exact) mass is 391 g/mol. The second-order valence-corrected chi connectivity index (χ2v) is 6.29. The van der Waals surface area contributed by atoms with Crippen LogP contribution in [-0.2, 0) is 30.3 Å². The second-order valence-electron chi connectivity index (χ2n) is 6.29. The number of carbonyl (C=O) groups excluding carboxylic acids is 4. The predicted octanol–water partition coefficient (Wildman–Crippen LogP) is -0.329. The van der Waals surface area contributed by atoms with Gasteiger partial charge in [0, 0.05) is 13.3 Å². The van der Waals surface area contributed by atoms with Crippen LogP contribution in [-0.4, -0.2) is 64.5 Å². The van der Waals surface area contributed by atoms with Gasteiger partial charge in [0.05, 0.1) is 6.54 Å². The van der Waals surface area contributed by atoms with Gasteiger partial charge in [-0.1, -0.05) is 30.3 Å². The maximum absolute atomic E-state index is 12.5. The van der Waals surface area contributed by atoms with E-state index in [-0.39, 0.29) is 13.0 Å². The third-order valence-electron chi connectivity index (χ3n) is 4.10. The molecule has 1 fully saturated rings. The normalized spacial score (nSPS) is 18.2. The van der Waals surface area contributed by atoms with Crippen molar-refractivity contribution in [2.45, 2.75) is 38.5 Å². The summed E-state index contributed by atoms with van der Waals surface area (Å²) < 4.78 is 4.94. The van der Waals surface area contributed by atoms with E-state index in [2.05, 4.69) is 10.6 Å². The molecule has 2 rings (SSSR count). The molecule has 3 atom stereocenters. The number of cyclic esters (lactones) is 1. The molecule has 10 nitrogen and oxygen atoms in total. The minimum atomic E-state index is -1.43. The Kier molecular flexibility index (Phi) is 6.69. The highest BCUT2D eigenvalue weighted by molar-refractivity contribution is 6.03. The van der Waals surface area contributed by atoms with Gasteiger partial charge in [0.25, 0.3) is 5.91 Å². The molecule has 10 heteroatoms. The van der Waals surface area contributed by atoms with E-state index in [1.807, 2.05) is 0 Å². The summed E-state index contributed by atoms with van der Waals surface area (Å²) in [7, 11) is 0. The van der Waals surface area contributed by atoms with Crippen LogP contribution in [0.15, 0.2) is 30.3 Å². The fourth-order valence-corrected chi connectivity index (χ4v) is 2.73. The van der Waals surface area contributed by atoms with Gasteiger partial charge in [-0.15, -0.1) is 0 Å². The van der Waals surface area contributed by atoms with Crippen LogP contribution >= 0.6 is 0 Å². The Labute approximate surface area is 160 Å². The van der Waals surface area contributed by atoms with Gasteiger partial charge in [-0.05, 0) is 12.5 Å². The quantitative estimate of drug-likeness (QED) is 0.551. The molecule has 0 spiro atoms. The highest BCUT2D eigenvalue weighted by Gasteiger charge is 2.47. The van der Waals surface area contributed by atoms with E-state index in [9.17, 15) is 29.1 Å². The number of ether oxygens (including phenoxy) is 1. The van der Waals surface area contributed by atoms with Crippen molar-refractivity contribution in [2.24, 2.45) is 0 Å². The molecule has 28 heavy (non-hydrogen) atoms. The number of carboxylic acid groups (broad SMARTS) is 1. The molecular formula is C18H21N3O7. The molecule has 1 aliphatic heterocycles. The predicted molar refractivity (Wildman–Crippen MR) is 95.0 cm³/mol. The standard InChI is InChI=1S/C18H21N3O7/c1-10(20-11(2)22)15(23)19-9-14-16(24)21(18(27)28-14)13(17(25)26)8-12-6-4-3-5-7-12/h3-7,10,13-14H,8-9H2,1-2H3,(H,19,23)(H,20,22)(H,25,26)/t10-,13-,14-/m0/s1. The molecule has 3 N–H and O–H groups in total. The van der Waals surface area contributed by atoms with Gasteiger partial charge in [0.1, 0.15) is 12.1 Å². The number of imide groups is 1. The Morgan fingerprint density at radius 3 is 2.43 bits per heavy atom. The van der Waals surface area contributed by atoms with Gasteiger partial charge in [0.2, 0.25) is 11.8 Å². The molecule has 150 valence electrons. The summed E-state index contributed by atoms with van der Waals surface area (Å²) >= 11 is 0. The van der Waals surface area contributed by atoms with Gasteiger partial charge in [0.15, 0.2) is 6.10 Å². The van der Waals surface area contributed by atoms with Crippen molar-refractivity contribution < 1.29 is 33.8 Å². The maximum Gasteiger partial charge on any atom is 0.418 e. The average Bonchev–Trinajstić information content (AvgIpc) is 2.91. The Bertz CT molecular complexity index is 781. The molecule has 1 saturated heterocycles. The molecule has 0 bridgehead atoms. The zero-order valence-corrected chi connectivity index (χ0v) is 15.4. The van der Waals surface area contributed by atoms with Crippen molar-refractivity contribution in [1.82, 2.24) is 15.5 Å². The molecule has 0 unspecified atom stereocenters. The third kappa shape index (κ3) is 5.06. The van der Waals surface area contributed by atoms with E-state index in [1.165, 1.54) is 13.8 Å². The van der Waals surface area contributed by atoms with Crippen LogP contribution in [0.3, 0.4) is 0 Å². The van der Waals surface area contributed by atoms with E-state index >= 15 is 0 Å². The maximum atomic E-state index is 12.5. The van der Waals surface area contributed by atoms with Crippen LogP contribution in [0.1, 0.15) is 19.4 Å². The van der Waals surface area contributed by atoms with Gasteiger partial charge in [-0.3, -0.25) is 14.4 Å². The number of rotatable bonds is 8. The highest BCUT2D eigenvalue weighted by Crippen LogP contribution is 2.19. The molecule has 0 radical (unpaired) electrons. The van der Waals surface area contributed by atoms with Crippen LogP contribution in [0.5, 0.6) is 0 Å². The summed E-state index contributed by atoms with van der Waals surface area (Å²) in [5, 5.41) is 14.2. The van der Waals surface area contributed by atoms with Crippen LogP contribution in [0, 0.1) is 0 Å². The summed E-state index contributed by atoms with van der Waals surface area (Å²) in [6, 6.07) is 6.29. The van der Waals surface area contributed by atoms with E-state index in [1.54, 1.807) is 30.3 Å². The summed E-state index contributed by atoms with van der Waals surface area (Å²) in [5.41, 5.74) is 0.636. The molecule has 1 heterocycles. The molecule has 0 aromatic heterocycles. The largest absolute Gasteiger partial charge is 0.480 e. The zero-order valence-electron chi connectivity index (χ0n) is 15.4. The first-order valence-corrected chi connectivity index (χ1v) is 8.56. The van der Waals surface area contributed by atoms with Crippen molar-refractivity contribution in [1.29, 1.82) is 0 Å². The summed E-state index contributed by atoms with van der Waals surface area (Å²) in [6.07, 6.45) is -2.49. The van der Waals surface area contributed by atoms with E-state index in [4.69, 9.17) is 4.74 Å². The first-order chi connectivity index (χ1) is 13.2. The van der Waals surface area contributed by atoms with Crippen LogP contribution in [0.4, 0.5) is 4.79 Å². The van der Waals surface area contributed by atoms with Crippen molar-refractivity contribution in [3.8, 4) is 0 Å². The molecule has 0 saturated carbocycles. The Hall–Kier alpha value is -3.43. The Morgan fingerprint density at radius 1 is 1.21 bits per heavy atom. The number of carboxylic acids is 1. The summed E-state index contributed by atoms with van der Waals surface area (Å²) in [6.45, 7) is 2.37. The molecular weight excluding hydrogens is 370 g/mol. The first kappa shape index (κ1) is 20.9. The number of benzene rings is 1. The van der Waals surface area contributed by atoms with Crippen molar-refractivity contribution in [2.75, 3.05) is 6.54 Å². The lowest BCUT2D eigenvalue weighted by Crippen LogP contribution is -2.49. The second kappa shape index (κ2) is 8.98. The molecule has 1 aromatic carbocycles. The number of hydrogen-bond donors (Lipinski definition) is 3. The van der Waals surface area contributed by atoms with Gasteiger partial charge >= 0.3 is 12.1 Å². The zero-order chi connectivity index (χ0) is 20.8. The average molecular weight is 391 g/mol. The minimum absolute atomic E-state index is 0.0738. The topological polar surface area (TPSA) is 142 Å². The lowest BCUT2D eigenvalue weighted by Gasteiger charge is -2.20. The third-order valence-corrected chi connectivity index (χ3v) is 4.10. The van der Waals surface area contributed by atoms with Crippen LogP contribution in [0.2, 0.25) is 0 Å². The SMILES string of the molecule is CC(=O)N[C@@H](C)C(=O)NC[C@@H]1OC(=O)N([C@@H](Cc2ccccc2)C(=O)O)C1=O. The number of nitrogens with zero attached hydrogens (tertiary/aromatic N) is 1. The molecule has 1 aromatic rings. The molecule has 0 aliphatic carbocycles. The Balaban J connectivity index is 2.03. The van der Waals surface area contributed by atoms with Crippen molar-refractivity contribution in [3.63, 3.8) is 0 Å². The number of hydrogen-bond acceptors (Lipinski definition) is 6. The van der Waals surface area contributed by atoms with E-state index in [0.29, 0.717) is 10.5 Å². The smallest absolute Gasteiger partial charge is 0.418 e. The van der Waals surface area contributed by atoms with Gasteiger partial charge < -0.3 is 20.5 Å². The fourth-order valence-electron chi connectivity index (χ4n) is 2.73. The molecule has 1 aliphatic rings. The summed E-state index contributed by atoms with van der Waals surface area (Å²) in [4.78, 5) is 59.7. The van der Waals surface area contributed by atoms with Crippen molar-refractivity contribution >= 4 is 29.8 Å². The number of amides is 4. The number of nitrogens with one attached hydrogen (secondary N) is 2. The lowest BCUT2D eigenvalue weighted by molar-refractivity contribution is -0.147. The number of aliphatic carboxylic acids is 1. The van der Waals surface area contributed by atoms with E-state index < -0.39 is 48.0 Å². The highest BCUT2D eigenvalue weighted by atomic mass is 16.6. The minimum Gasteiger partial charge on any atom is -0.480 e. The first-order valence-electron chi connectivity index (χ1n) is 8.56. The molecule has 4 amide bonds. The Morgan fingerprint density at radius 2 is 1.86 bits per heavy atom. The number of carbonyl (C=O) groups is 5. The summed E-state index contributed by atoms with van der Waals surface area (Å²) in [5.74, 6) is -3.17. The van der Waals surface area contributed by atoms with Gasteiger partial charge in [-0.2, -0.15) is 0 Å². The van der Waals surface area contributed by atoms with Crippen molar-refractivity contribution in [3.05, 3.63) is 35.9 Å². The lowest BCUT2D eigenvalue weighted by atomic mass is 10.0. The van der Waals surface area contributed by atoms with Crippen LogP contribution < -0.4 is 10.6 Å². The van der Waals surface area contributed by atoms with E-state index in [0.717, 1.165) is 0 Å². The van der Waals surface area contributed by atoms with Crippen LogP contribution in [0.25, 0.3) is 0 Å². The van der Waals surface area contributed by atoms with Gasteiger partial charge in [-0.25, -0.2) is 14.5 Å². The fraction of sp³-hybridized carbons (Fsp3) is 0.389.